The van der Waals surface area contributed by atoms with Gasteiger partial charge < -0.3 is 9.88 Å². The summed E-state index contributed by atoms with van der Waals surface area (Å²) in [5, 5.41) is 2.92. The number of hydrogen-bond donors (Lipinski definition) is 1. The SMILES string of the molecule is CCCCCCCCn1c(CCCCCNC(=O)c2ccc(F)cc2)nc2ccccc21. The lowest BCUT2D eigenvalue weighted by Crippen LogP contribution is -2.24. The van der Waals surface area contributed by atoms with Crippen molar-refractivity contribution in [2.75, 3.05) is 6.54 Å². The van der Waals surface area contributed by atoms with E-state index >= 15 is 0 Å². The van der Waals surface area contributed by atoms with Gasteiger partial charge in [0, 0.05) is 25.1 Å². The van der Waals surface area contributed by atoms with Gasteiger partial charge in [0.05, 0.1) is 11.0 Å². The van der Waals surface area contributed by atoms with E-state index in [-0.39, 0.29) is 11.7 Å². The van der Waals surface area contributed by atoms with Gasteiger partial charge in [-0.1, -0.05) is 57.6 Å². The van der Waals surface area contributed by atoms with Gasteiger partial charge in [-0.05, 0) is 55.7 Å². The summed E-state index contributed by atoms with van der Waals surface area (Å²) in [6.45, 7) is 3.92. The number of fused-ring (bicyclic) bond motifs is 1. The molecule has 0 spiro atoms. The minimum absolute atomic E-state index is 0.147. The molecule has 1 N–H and O–H groups in total. The van der Waals surface area contributed by atoms with Crippen LogP contribution >= 0.6 is 0 Å². The summed E-state index contributed by atoms with van der Waals surface area (Å²) in [6.07, 6.45) is 11.7. The van der Waals surface area contributed by atoms with Crippen LogP contribution in [0.25, 0.3) is 11.0 Å². The first kappa shape index (κ1) is 24.0. The van der Waals surface area contributed by atoms with Crippen LogP contribution in [-0.2, 0) is 13.0 Å². The highest BCUT2D eigenvalue weighted by Crippen LogP contribution is 2.19. The molecule has 0 aliphatic carbocycles. The number of nitrogens with one attached hydrogen (secondary N) is 1. The molecule has 0 saturated carbocycles. The van der Waals surface area contributed by atoms with E-state index < -0.39 is 0 Å². The molecule has 0 radical (unpaired) electrons. The van der Waals surface area contributed by atoms with Crippen LogP contribution in [0, 0.1) is 5.82 Å². The number of imidazole rings is 1. The van der Waals surface area contributed by atoms with E-state index in [0.717, 1.165) is 37.7 Å². The van der Waals surface area contributed by atoms with Crippen molar-refractivity contribution in [3.8, 4) is 0 Å². The lowest BCUT2D eigenvalue weighted by atomic mass is 10.1. The maximum atomic E-state index is 13.0. The van der Waals surface area contributed by atoms with Crippen LogP contribution < -0.4 is 5.32 Å². The molecule has 1 aromatic heterocycles. The number of carbonyl (C=O) groups is 1. The topological polar surface area (TPSA) is 46.9 Å². The van der Waals surface area contributed by atoms with Gasteiger partial charge in [-0.2, -0.15) is 0 Å². The Labute approximate surface area is 191 Å². The van der Waals surface area contributed by atoms with Gasteiger partial charge in [-0.25, -0.2) is 9.37 Å². The summed E-state index contributed by atoms with van der Waals surface area (Å²) in [5.41, 5.74) is 2.82. The molecule has 0 aliphatic heterocycles. The number of benzene rings is 2. The number of amides is 1. The Morgan fingerprint density at radius 1 is 0.906 bits per heavy atom. The second kappa shape index (κ2) is 13.0. The third-order valence-corrected chi connectivity index (χ3v) is 5.94. The maximum Gasteiger partial charge on any atom is 0.251 e. The summed E-state index contributed by atoms with van der Waals surface area (Å²) in [7, 11) is 0. The van der Waals surface area contributed by atoms with Crippen LogP contribution in [0.5, 0.6) is 0 Å². The quantitative estimate of drug-likeness (QED) is 0.286. The van der Waals surface area contributed by atoms with Crippen molar-refractivity contribution >= 4 is 16.9 Å². The molecule has 0 bridgehead atoms. The lowest BCUT2D eigenvalue weighted by Gasteiger charge is -2.10. The smallest absolute Gasteiger partial charge is 0.251 e. The molecule has 3 aromatic rings. The van der Waals surface area contributed by atoms with Crippen molar-refractivity contribution in [3.05, 3.63) is 65.7 Å². The van der Waals surface area contributed by atoms with Crippen molar-refractivity contribution in [1.29, 1.82) is 0 Å². The molecular weight excluding hydrogens is 401 g/mol. The predicted octanol–water partition coefficient (Wildman–Crippen LogP) is 6.68. The highest BCUT2D eigenvalue weighted by atomic mass is 19.1. The van der Waals surface area contributed by atoms with Crippen LogP contribution in [0.1, 0.15) is 80.9 Å². The monoisotopic (exact) mass is 437 g/mol. The first-order valence-electron chi connectivity index (χ1n) is 12.2. The van der Waals surface area contributed by atoms with E-state index in [0.29, 0.717) is 12.1 Å². The summed E-state index contributed by atoms with van der Waals surface area (Å²) in [5.74, 6) is 0.699. The number of unbranched alkanes of at least 4 members (excludes halogenated alkanes) is 7. The standard InChI is InChI=1S/C27H36FN3O/c1-2-3-4-5-6-12-21-31-25-14-10-9-13-24(25)30-26(31)15-8-7-11-20-29-27(32)22-16-18-23(28)19-17-22/h9-10,13-14,16-19H,2-8,11-12,15,20-21H2,1H3,(H,29,32). The molecule has 1 amide bonds. The van der Waals surface area contributed by atoms with Crippen molar-refractivity contribution < 1.29 is 9.18 Å². The van der Waals surface area contributed by atoms with Crippen molar-refractivity contribution in [1.82, 2.24) is 14.9 Å². The minimum Gasteiger partial charge on any atom is -0.352 e. The third kappa shape index (κ3) is 7.18. The van der Waals surface area contributed by atoms with E-state index in [2.05, 4.69) is 41.1 Å². The molecule has 5 heteroatoms. The molecule has 0 fully saturated rings. The Balaban J connectivity index is 1.42. The van der Waals surface area contributed by atoms with E-state index in [1.165, 1.54) is 74.1 Å². The molecule has 0 saturated heterocycles. The normalized spacial score (nSPS) is 11.2. The molecule has 2 aromatic carbocycles. The Morgan fingerprint density at radius 2 is 1.62 bits per heavy atom. The molecule has 172 valence electrons. The van der Waals surface area contributed by atoms with Gasteiger partial charge in [0.15, 0.2) is 0 Å². The molecule has 4 nitrogen and oxygen atoms in total. The Hall–Kier alpha value is -2.69. The van der Waals surface area contributed by atoms with Crippen molar-refractivity contribution in [2.45, 2.75) is 77.7 Å². The predicted molar refractivity (Wildman–Crippen MR) is 129 cm³/mol. The van der Waals surface area contributed by atoms with Crippen LogP contribution in [0.15, 0.2) is 48.5 Å². The number of carbonyl (C=O) groups excluding carboxylic acids is 1. The zero-order valence-electron chi connectivity index (χ0n) is 19.3. The zero-order valence-corrected chi connectivity index (χ0v) is 19.3. The van der Waals surface area contributed by atoms with Crippen LogP contribution in [0.4, 0.5) is 4.39 Å². The van der Waals surface area contributed by atoms with Crippen LogP contribution in [0.3, 0.4) is 0 Å². The van der Waals surface area contributed by atoms with Crippen LogP contribution in [0.2, 0.25) is 0 Å². The van der Waals surface area contributed by atoms with Gasteiger partial charge in [-0.3, -0.25) is 4.79 Å². The Morgan fingerprint density at radius 3 is 2.44 bits per heavy atom. The van der Waals surface area contributed by atoms with Gasteiger partial charge >= 0.3 is 0 Å². The number of nitrogens with zero attached hydrogens (tertiary/aromatic N) is 2. The fraction of sp³-hybridized carbons (Fsp3) is 0.481. The minimum atomic E-state index is -0.330. The van der Waals surface area contributed by atoms with E-state index in [4.69, 9.17) is 4.98 Å². The van der Waals surface area contributed by atoms with E-state index in [1.807, 2.05) is 0 Å². The zero-order chi connectivity index (χ0) is 22.6. The number of hydrogen-bond acceptors (Lipinski definition) is 2. The van der Waals surface area contributed by atoms with E-state index in [1.54, 1.807) is 0 Å². The Kier molecular flexibility index (Phi) is 9.73. The van der Waals surface area contributed by atoms with Gasteiger partial charge in [0.1, 0.15) is 11.6 Å². The summed E-state index contributed by atoms with van der Waals surface area (Å²) in [6, 6.07) is 14.1. The van der Waals surface area contributed by atoms with Crippen molar-refractivity contribution in [3.63, 3.8) is 0 Å². The van der Waals surface area contributed by atoms with E-state index in [9.17, 15) is 9.18 Å². The summed E-state index contributed by atoms with van der Waals surface area (Å²) >= 11 is 0. The number of aryl methyl sites for hydroxylation is 2. The number of aromatic nitrogens is 2. The fourth-order valence-electron chi connectivity index (χ4n) is 4.11. The number of rotatable bonds is 14. The number of halogens is 1. The van der Waals surface area contributed by atoms with Gasteiger partial charge in [0.25, 0.3) is 5.91 Å². The molecular formula is C27H36FN3O. The average Bonchev–Trinajstić information content (AvgIpc) is 3.16. The van der Waals surface area contributed by atoms with Gasteiger partial charge in [-0.15, -0.1) is 0 Å². The van der Waals surface area contributed by atoms with Crippen LogP contribution in [-0.4, -0.2) is 22.0 Å². The van der Waals surface area contributed by atoms with Gasteiger partial charge in [0.2, 0.25) is 0 Å². The molecule has 0 unspecified atom stereocenters. The Bertz CT molecular complexity index is 965. The number of para-hydroxylation sites is 2. The second-order valence-electron chi connectivity index (χ2n) is 8.51. The molecule has 3 rings (SSSR count). The molecule has 1 heterocycles. The first-order chi connectivity index (χ1) is 15.7. The van der Waals surface area contributed by atoms with Crippen molar-refractivity contribution in [2.24, 2.45) is 0 Å². The summed E-state index contributed by atoms with van der Waals surface area (Å²) < 4.78 is 15.4. The molecule has 0 atom stereocenters. The highest BCUT2D eigenvalue weighted by Gasteiger charge is 2.10. The third-order valence-electron chi connectivity index (χ3n) is 5.94. The summed E-state index contributed by atoms with van der Waals surface area (Å²) in [4.78, 5) is 17.0. The average molecular weight is 438 g/mol. The highest BCUT2D eigenvalue weighted by molar-refractivity contribution is 5.94. The lowest BCUT2D eigenvalue weighted by molar-refractivity contribution is 0.0953. The molecule has 32 heavy (non-hydrogen) atoms. The second-order valence-corrected chi connectivity index (χ2v) is 8.51. The maximum absolute atomic E-state index is 13.0. The largest absolute Gasteiger partial charge is 0.352 e. The molecule has 0 aliphatic rings. The fourth-order valence-corrected chi connectivity index (χ4v) is 4.11. The first-order valence-corrected chi connectivity index (χ1v) is 12.2.